The highest BCUT2D eigenvalue weighted by atomic mass is 16.2. The predicted octanol–water partition coefficient (Wildman–Crippen LogP) is 0.0815. The second-order valence-electron chi connectivity index (χ2n) is 3.92. The normalized spacial score (nSPS) is 20.9. The van der Waals surface area contributed by atoms with Crippen molar-refractivity contribution in [2.45, 2.75) is 38.3 Å². The summed E-state index contributed by atoms with van der Waals surface area (Å²) >= 11 is 0. The Labute approximate surface area is 83.8 Å². The van der Waals surface area contributed by atoms with Crippen molar-refractivity contribution in [3.05, 3.63) is 17.7 Å². The van der Waals surface area contributed by atoms with Crippen molar-refractivity contribution in [2.75, 3.05) is 6.61 Å². The van der Waals surface area contributed by atoms with Crippen LogP contribution in [0.2, 0.25) is 0 Å². The van der Waals surface area contributed by atoms with E-state index >= 15 is 0 Å². The zero-order valence-electron chi connectivity index (χ0n) is 8.32. The number of nitrogens with two attached hydrogens (primary N) is 1. The van der Waals surface area contributed by atoms with E-state index in [4.69, 9.17) is 10.8 Å². The zero-order valence-corrected chi connectivity index (χ0v) is 8.32. The van der Waals surface area contributed by atoms with Crippen molar-refractivity contribution in [2.24, 2.45) is 5.73 Å². The first kappa shape index (κ1) is 9.68. The maximum Gasteiger partial charge on any atom is 0.110 e. The topological polar surface area (TPSA) is 64.1 Å². The highest BCUT2D eigenvalue weighted by molar-refractivity contribution is 5.08. The molecule has 0 fully saturated rings. The molecule has 78 valence electrons. The van der Waals surface area contributed by atoms with Crippen LogP contribution < -0.4 is 5.73 Å². The zero-order chi connectivity index (χ0) is 9.97. The first-order valence-electron chi connectivity index (χ1n) is 5.21. The average molecular weight is 195 g/mol. The number of hydrogen-bond donors (Lipinski definition) is 2. The van der Waals surface area contributed by atoms with Gasteiger partial charge in [0.15, 0.2) is 0 Å². The molecule has 2 heterocycles. The van der Waals surface area contributed by atoms with Gasteiger partial charge in [-0.3, -0.25) is 0 Å². The summed E-state index contributed by atoms with van der Waals surface area (Å²) in [5.41, 5.74) is 6.95. The summed E-state index contributed by atoms with van der Waals surface area (Å²) in [7, 11) is 0. The van der Waals surface area contributed by atoms with Crippen molar-refractivity contribution < 1.29 is 5.11 Å². The number of rotatable bonds is 3. The largest absolute Gasteiger partial charge is 0.396 e. The Morgan fingerprint density at radius 3 is 3.29 bits per heavy atom. The Kier molecular flexibility index (Phi) is 2.84. The van der Waals surface area contributed by atoms with Crippen molar-refractivity contribution in [1.82, 2.24) is 9.55 Å². The lowest BCUT2D eigenvalue weighted by Gasteiger charge is -2.18. The van der Waals surface area contributed by atoms with E-state index in [-0.39, 0.29) is 12.6 Å². The molecule has 1 unspecified atom stereocenters. The third kappa shape index (κ3) is 1.96. The van der Waals surface area contributed by atoms with Crippen LogP contribution in [0.15, 0.2) is 6.20 Å². The van der Waals surface area contributed by atoms with Gasteiger partial charge in [0.25, 0.3) is 0 Å². The van der Waals surface area contributed by atoms with Gasteiger partial charge in [0.2, 0.25) is 0 Å². The molecule has 1 aliphatic heterocycles. The van der Waals surface area contributed by atoms with E-state index in [2.05, 4.69) is 15.7 Å². The SMILES string of the molecule is NC1CCn2cc(CCCO)nc2C1. The van der Waals surface area contributed by atoms with Crippen molar-refractivity contribution >= 4 is 0 Å². The number of aryl methyl sites for hydroxylation is 2. The van der Waals surface area contributed by atoms with E-state index in [0.717, 1.165) is 43.7 Å². The van der Waals surface area contributed by atoms with E-state index in [1.165, 1.54) is 0 Å². The number of aliphatic hydroxyl groups excluding tert-OH is 1. The Hall–Kier alpha value is -0.870. The van der Waals surface area contributed by atoms with Crippen molar-refractivity contribution in [1.29, 1.82) is 0 Å². The minimum atomic E-state index is 0.238. The summed E-state index contributed by atoms with van der Waals surface area (Å²) in [6, 6.07) is 0.274. The summed E-state index contributed by atoms with van der Waals surface area (Å²) in [6.07, 6.45) is 5.69. The molecule has 1 atom stereocenters. The minimum Gasteiger partial charge on any atom is -0.396 e. The van der Waals surface area contributed by atoms with Gasteiger partial charge in [0.05, 0.1) is 5.69 Å². The first-order chi connectivity index (χ1) is 6.79. The highest BCUT2D eigenvalue weighted by Crippen LogP contribution is 2.14. The fourth-order valence-electron chi connectivity index (χ4n) is 1.89. The lowest BCUT2D eigenvalue weighted by atomic mass is 10.1. The molecule has 0 spiro atoms. The molecule has 4 nitrogen and oxygen atoms in total. The van der Waals surface area contributed by atoms with E-state index in [1.807, 2.05) is 0 Å². The highest BCUT2D eigenvalue weighted by Gasteiger charge is 2.17. The lowest BCUT2D eigenvalue weighted by Crippen LogP contribution is -2.30. The van der Waals surface area contributed by atoms with Gasteiger partial charge < -0.3 is 15.4 Å². The molecule has 1 aliphatic rings. The smallest absolute Gasteiger partial charge is 0.110 e. The number of fused-ring (bicyclic) bond motifs is 1. The summed E-state index contributed by atoms with van der Waals surface area (Å²) in [5.74, 6) is 1.11. The Bertz CT molecular complexity index is 308. The second kappa shape index (κ2) is 4.11. The lowest BCUT2D eigenvalue weighted by molar-refractivity contribution is 0.288. The van der Waals surface area contributed by atoms with Crippen LogP contribution in [0.25, 0.3) is 0 Å². The van der Waals surface area contributed by atoms with Gasteiger partial charge in [-0.05, 0) is 19.3 Å². The molecule has 0 bridgehead atoms. The number of nitrogens with zero attached hydrogens (tertiary/aromatic N) is 2. The van der Waals surface area contributed by atoms with E-state index < -0.39 is 0 Å². The summed E-state index contributed by atoms with van der Waals surface area (Å²) < 4.78 is 2.19. The van der Waals surface area contributed by atoms with Crippen LogP contribution in [0.3, 0.4) is 0 Å². The molecule has 1 aromatic heterocycles. The fourth-order valence-corrected chi connectivity index (χ4v) is 1.89. The standard InChI is InChI=1S/C10H17N3O/c11-8-3-4-13-7-9(2-1-5-14)12-10(13)6-8/h7-8,14H,1-6,11H2. The number of hydrogen-bond acceptors (Lipinski definition) is 3. The van der Waals surface area contributed by atoms with Gasteiger partial charge in [-0.2, -0.15) is 0 Å². The second-order valence-corrected chi connectivity index (χ2v) is 3.92. The molecular formula is C10H17N3O. The van der Waals surface area contributed by atoms with E-state index in [9.17, 15) is 0 Å². The molecule has 0 amide bonds. The van der Waals surface area contributed by atoms with Gasteiger partial charge in [-0.1, -0.05) is 0 Å². The van der Waals surface area contributed by atoms with Crippen LogP contribution in [-0.4, -0.2) is 27.3 Å². The van der Waals surface area contributed by atoms with Crippen LogP contribution >= 0.6 is 0 Å². The molecule has 0 aromatic carbocycles. The third-order valence-electron chi connectivity index (χ3n) is 2.69. The van der Waals surface area contributed by atoms with Crippen molar-refractivity contribution in [3.63, 3.8) is 0 Å². The third-order valence-corrected chi connectivity index (χ3v) is 2.69. The molecule has 0 aliphatic carbocycles. The van der Waals surface area contributed by atoms with Crippen LogP contribution in [-0.2, 0) is 19.4 Å². The molecule has 1 aromatic rings. The number of aliphatic hydroxyl groups is 1. The van der Waals surface area contributed by atoms with Crippen molar-refractivity contribution in [3.8, 4) is 0 Å². The molecule has 3 N–H and O–H groups in total. The van der Waals surface area contributed by atoms with Gasteiger partial charge in [0, 0.05) is 31.8 Å². The van der Waals surface area contributed by atoms with E-state index in [0.29, 0.717) is 0 Å². The minimum absolute atomic E-state index is 0.238. The predicted molar refractivity (Wildman–Crippen MR) is 53.9 cm³/mol. The molecule has 14 heavy (non-hydrogen) atoms. The monoisotopic (exact) mass is 195 g/mol. The summed E-state index contributed by atoms with van der Waals surface area (Å²) in [5, 5.41) is 8.72. The Morgan fingerprint density at radius 1 is 1.64 bits per heavy atom. The average Bonchev–Trinajstić information content (AvgIpc) is 2.56. The van der Waals surface area contributed by atoms with Gasteiger partial charge >= 0.3 is 0 Å². The Balaban J connectivity index is 2.07. The van der Waals surface area contributed by atoms with Gasteiger partial charge in [0.1, 0.15) is 5.82 Å². The summed E-state index contributed by atoms with van der Waals surface area (Å²) in [6.45, 7) is 1.23. The number of aromatic nitrogens is 2. The van der Waals surface area contributed by atoms with Crippen LogP contribution in [0.4, 0.5) is 0 Å². The molecule has 0 saturated heterocycles. The Morgan fingerprint density at radius 2 is 2.50 bits per heavy atom. The molecule has 0 radical (unpaired) electrons. The molecule has 4 heteroatoms. The van der Waals surface area contributed by atoms with Crippen LogP contribution in [0.1, 0.15) is 24.4 Å². The fraction of sp³-hybridized carbons (Fsp3) is 0.700. The maximum absolute atomic E-state index is 8.72. The van der Waals surface area contributed by atoms with Gasteiger partial charge in [-0.15, -0.1) is 0 Å². The molecule has 2 rings (SSSR count). The van der Waals surface area contributed by atoms with Crippen LogP contribution in [0.5, 0.6) is 0 Å². The molecular weight excluding hydrogens is 178 g/mol. The molecule has 0 saturated carbocycles. The van der Waals surface area contributed by atoms with Crippen LogP contribution in [0, 0.1) is 0 Å². The maximum atomic E-state index is 8.72. The van der Waals surface area contributed by atoms with E-state index in [1.54, 1.807) is 0 Å². The number of imidazole rings is 1. The summed E-state index contributed by atoms with van der Waals surface area (Å²) in [4.78, 5) is 4.51. The first-order valence-corrected chi connectivity index (χ1v) is 5.21. The van der Waals surface area contributed by atoms with Gasteiger partial charge in [-0.25, -0.2) is 4.98 Å². The quantitative estimate of drug-likeness (QED) is 0.718.